The summed E-state index contributed by atoms with van der Waals surface area (Å²) in [6.45, 7) is 3.72. The van der Waals surface area contributed by atoms with Gasteiger partial charge < -0.3 is 10.4 Å². The number of alkyl halides is 2. The molecule has 2 N–H and O–H groups in total. The molecule has 0 bridgehead atoms. The molecule has 3 aliphatic rings. The second-order valence-electron chi connectivity index (χ2n) is 10.2. The first kappa shape index (κ1) is 21.8. The summed E-state index contributed by atoms with van der Waals surface area (Å²) in [5.74, 6) is -2.36. The largest absolute Gasteiger partial charge is 0.508 e. The molecule has 172 valence electrons. The summed E-state index contributed by atoms with van der Waals surface area (Å²) in [5, 5.41) is 13.3. The predicted molar refractivity (Wildman–Crippen MR) is 121 cm³/mol. The number of nitrogens with zero attached hydrogens (tertiary/aromatic N) is 1. The normalized spacial score (nSPS) is 32.6. The number of anilines is 1. The number of aromatic nitrogens is 1. The Bertz CT molecular complexity index is 1040. The van der Waals surface area contributed by atoms with Gasteiger partial charge in [0.2, 0.25) is 5.91 Å². The van der Waals surface area contributed by atoms with E-state index in [9.17, 15) is 9.90 Å². The van der Waals surface area contributed by atoms with E-state index in [2.05, 4.69) is 10.3 Å². The van der Waals surface area contributed by atoms with Crippen molar-refractivity contribution in [3.8, 4) is 5.75 Å². The Hall–Kier alpha value is -2.02. The third-order valence-electron chi connectivity index (χ3n) is 8.43. The molecule has 0 saturated heterocycles. The molecule has 5 atom stereocenters. The predicted octanol–water partition coefficient (Wildman–Crippen LogP) is 6.29. The van der Waals surface area contributed by atoms with Crippen LogP contribution in [0.1, 0.15) is 67.4 Å². The van der Waals surface area contributed by atoms with Crippen molar-refractivity contribution in [3.05, 3.63) is 40.4 Å². The lowest BCUT2D eigenvalue weighted by atomic mass is 9.53. The highest BCUT2D eigenvalue weighted by atomic mass is 32.1. The van der Waals surface area contributed by atoms with Gasteiger partial charge in [-0.2, -0.15) is 0 Å². The molecule has 4 nitrogen and oxygen atoms in total. The monoisotopic (exact) mass is 460 g/mol. The Kier molecular flexibility index (Phi) is 5.31. The quantitative estimate of drug-likeness (QED) is 0.563. The molecule has 7 heteroatoms. The van der Waals surface area contributed by atoms with Gasteiger partial charge in [-0.15, -0.1) is 11.3 Å². The standard InChI is InChI=1S/C25H30F2N2O2S/c1-14-13-28-23(32-14)29-21(31)8-4-16-12-25(26,27)24(2)10-9-19-18-7-5-17(30)11-15(18)3-6-20(19)22(16)24/h5,7,11,13,16,19-20,22,30H,3-4,6,8-10,12H2,1-2H3,(H,28,29,31)/t16-,19?,20?,22?,24+/m1/s1. The molecule has 1 amide bonds. The third kappa shape index (κ3) is 3.53. The van der Waals surface area contributed by atoms with Crippen LogP contribution in [-0.2, 0) is 11.2 Å². The minimum Gasteiger partial charge on any atom is -0.508 e. The van der Waals surface area contributed by atoms with Crippen LogP contribution in [0.2, 0.25) is 0 Å². The molecular formula is C25H30F2N2O2S. The number of amides is 1. The van der Waals surface area contributed by atoms with Crippen molar-refractivity contribution < 1.29 is 18.7 Å². The minimum atomic E-state index is -2.70. The van der Waals surface area contributed by atoms with Crippen LogP contribution in [0.15, 0.2) is 24.4 Å². The van der Waals surface area contributed by atoms with Crippen LogP contribution in [0.5, 0.6) is 5.75 Å². The smallest absolute Gasteiger partial charge is 0.253 e. The van der Waals surface area contributed by atoms with Crippen LogP contribution in [0.3, 0.4) is 0 Å². The number of thiazole rings is 1. The number of aryl methyl sites for hydroxylation is 2. The fourth-order valence-electron chi connectivity index (χ4n) is 7.00. The lowest BCUT2D eigenvalue weighted by molar-refractivity contribution is -0.133. The summed E-state index contributed by atoms with van der Waals surface area (Å²) in [7, 11) is 0. The second kappa shape index (κ2) is 7.79. The van der Waals surface area contributed by atoms with Gasteiger partial charge >= 0.3 is 0 Å². The number of nitrogens with one attached hydrogen (secondary N) is 1. The van der Waals surface area contributed by atoms with Crippen LogP contribution < -0.4 is 5.32 Å². The molecule has 3 aliphatic carbocycles. The first-order chi connectivity index (χ1) is 15.2. The molecule has 1 aromatic carbocycles. The van der Waals surface area contributed by atoms with E-state index < -0.39 is 11.3 Å². The lowest BCUT2D eigenvalue weighted by Crippen LogP contribution is -2.47. The molecular weight excluding hydrogens is 430 g/mol. The first-order valence-electron chi connectivity index (χ1n) is 11.6. The highest BCUT2D eigenvalue weighted by Gasteiger charge is 2.67. The van der Waals surface area contributed by atoms with Gasteiger partial charge in [0.25, 0.3) is 5.92 Å². The number of hydrogen-bond donors (Lipinski definition) is 2. The topological polar surface area (TPSA) is 62.2 Å². The Morgan fingerprint density at radius 2 is 2.16 bits per heavy atom. The average Bonchev–Trinajstić information content (AvgIpc) is 3.23. The maximum atomic E-state index is 15.4. The van der Waals surface area contributed by atoms with Crippen LogP contribution in [0, 0.1) is 30.1 Å². The summed E-state index contributed by atoms with van der Waals surface area (Å²) in [6.07, 6.45) is 5.29. The van der Waals surface area contributed by atoms with Crippen molar-refractivity contribution >= 4 is 22.4 Å². The average molecular weight is 461 g/mol. The second-order valence-corrected chi connectivity index (χ2v) is 11.4. The van der Waals surface area contributed by atoms with Gasteiger partial charge in [-0.25, -0.2) is 13.8 Å². The zero-order chi connectivity index (χ0) is 22.7. The molecule has 0 radical (unpaired) electrons. The van der Waals surface area contributed by atoms with Crippen LogP contribution >= 0.6 is 11.3 Å². The van der Waals surface area contributed by atoms with Gasteiger partial charge in [-0.3, -0.25) is 4.79 Å². The Morgan fingerprint density at radius 1 is 1.34 bits per heavy atom. The van der Waals surface area contributed by atoms with Gasteiger partial charge in [-0.05, 0) is 86.0 Å². The number of halogens is 2. The van der Waals surface area contributed by atoms with Crippen molar-refractivity contribution in [2.24, 2.45) is 23.2 Å². The number of carbonyl (C=O) groups is 1. The number of phenols is 1. The number of fused-ring (bicyclic) bond motifs is 5. The lowest BCUT2D eigenvalue weighted by Gasteiger charge is -2.51. The fourth-order valence-corrected chi connectivity index (χ4v) is 7.68. The van der Waals surface area contributed by atoms with Crippen molar-refractivity contribution in [2.45, 2.75) is 70.6 Å². The van der Waals surface area contributed by atoms with E-state index in [0.29, 0.717) is 18.0 Å². The van der Waals surface area contributed by atoms with Gasteiger partial charge in [0.05, 0.1) is 0 Å². The van der Waals surface area contributed by atoms with E-state index in [1.165, 1.54) is 16.9 Å². The van der Waals surface area contributed by atoms with Crippen molar-refractivity contribution in [2.75, 3.05) is 5.32 Å². The van der Waals surface area contributed by atoms with Crippen LogP contribution in [-0.4, -0.2) is 21.9 Å². The van der Waals surface area contributed by atoms with Crippen LogP contribution in [0.25, 0.3) is 0 Å². The van der Waals surface area contributed by atoms with E-state index >= 15 is 8.78 Å². The number of rotatable bonds is 4. The summed E-state index contributed by atoms with van der Waals surface area (Å²) < 4.78 is 30.7. The first-order valence-corrected chi connectivity index (χ1v) is 12.4. The highest BCUT2D eigenvalue weighted by Crippen LogP contribution is 2.68. The number of carbonyl (C=O) groups excluding carboxylic acids is 1. The molecule has 5 rings (SSSR count). The molecule has 3 unspecified atom stereocenters. The summed E-state index contributed by atoms with van der Waals surface area (Å²) in [4.78, 5) is 17.7. The van der Waals surface area contributed by atoms with E-state index in [-0.39, 0.29) is 48.2 Å². The number of benzene rings is 1. The maximum absolute atomic E-state index is 15.4. The molecule has 1 heterocycles. The van der Waals surface area contributed by atoms with E-state index in [4.69, 9.17) is 0 Å². The molecule has 1 aromatic heterocycles. The third-order valence-corrected chi connectivity index (χ3v) is 9.26. The van der Waals surface area contributed by atoms with Gasteiger partial charge in [-0.1, -0.05) is 13.0 Å². The van der Waals surface area contributed by atoms with Crippen molar-refractivity contribution in [3.63, 3.8) is 0 Å². The number of phenolic OH excluding ortho intramolecular Hbond substituents is 1. The Morgan fingerprint density at radius 3 is 2.91 bits per heavy atom. The molecule has 0 aliphatic heterocycles. The van der Waals surface area contributed by atoms with Gasteiger partial charge in [0.1, 0.15) is 5.75 Å². The molecule has 2 aromatic rings. The Labute approximate surface area is 191 Å². The Balaban J connectivity index is 1.36. The fraction of sp³-hybridized carbons (Fsp3) is 0.600. The molecule has 2 fully saturated rings. The zero-order valence-corrected chi connectivity index (χ0v) is 19.4. The van der Waals surface area contributed by atoms with Crippen molar-refractivity contribution in [1.82, 2.24) is 4.98 Å². The van der Waals surface area contributed by atoms with Gasteiger partial charge in [0.15, 0.2) is 5.13 Å². The number of aromatic hydroxyl groups is 1. The SMILES string of the molecule is Cc1cnc(NC(=O)CC[C@@H]2CC(F)(F)[C@@]3(C)CCC4c5ccc(O)cc5CCC4C23)s1. The van der Waals surface area contributed by atoms with E-state index in [1.54, 1.807) is 19.2 Å². The summed E-state index contributed by atoms with van der Waals surface area (Å²) in [6, 6.07) is 5.56. The zero-order valence-electron chi connectivity index (χ0n) is 18.5. The van der Waals surface area contributed by atoms with Gasteiger partial charge in [0, 0.05) is 29.3 Å². The maximum Gasteiger partial charge on any atom is 0.253 e. The van der Waals surface area contributed by atoms with E-state index in [1.807, 2.05) is 19.1 Å². The molecule has 0 spiro atoms. The summed E-state index contributed by atoms with van der Waals surface area (Å²) in [5.41, 5.74) is 1.39. The summed E-state index contributed by atoms with van der Waals surface area (Å²) >= 11 is 1.42. The van der Waals surface area contributed by atoms with Crippen molar-refractivity contribution in [1.29, 1.82) is 0 Å². The number of hydrogen-bond acceptors (Lipinski definition) is 4. The molecule has 32 heavy (non-hydrogen) atoms. The molecule has 2 saturated carbocycles. The minimum absolute atomic E-state index is 0.0897. The highest BCUT2D eigenvalue weighted by molar-refractivity contribution is 7.15. The van der Waals surface area contributed by atoms with Crippen LogP contribution in [0.4, 0.5) is 13.9 Å². The van der Waals surface area contributed by atoms with E-state index in [0.717, 1.165) is 29.7 Å².